The minimum absolute atomic E-state index is 0. The van der Waals surface area contributed by atoms with Crippen LogP contribution in [-0.2, 0) is 28.2 Å². The number of anilines is 1. The summed E-state index contributed by atoms with van der Waals surface area (Å²) in [6, 6.07) is 7.69. The Balaban J connectivity index is 0.00000272. The number of sulfonamides is 1. The number of hydrogen-bond donors (Lipinski definition) is 1. The molecule has 2 aliphatic heterocycles. The summed E-state index contributed by atoms with van der Waals surface area (Å²) < 4.78 is 34.9. The van der Waals surface area contributed by atoms with E-state index < -0.39 is 10.0 Å². The van der Waals surface area contributed by atoms with Gasteiger partial charge >= 0.3 is 0 Å². The summed E-state index contributed by atoms with van der Waals surface area (Å²) in [5, 5.41) is 7.43. The molecule has 4 rings (SSSR count). The van der Waals surface area contributed by atoms with Crippen molar-refractivity contribution in [2.24, 2.45) is 12.0 Å². The van der Waals surface area contributed by atoms with Gasteiger partial charge in [0.15, 0.2) is 5.96 Å². The molecule has 2 aromatic rings. The predicted molar refractivity (Wildman–Crippen MR) is 132 cm³/mol. The van der Waals surface area contributed by atoms with Gasteiger partial charge in [-0.2, -0.15) is 5.10 Å². The van der Waals surface area contributed by atoms with E-state index in [2.05, 4.69) is 20.3 Å². The van der Waals surface area contributed by atoms with E-state index in [0.717, 1.165) is 23.2 Å². The second kappa shape index (κ2) is 10.2. The number of para-hydroxylation sites is 1. The van der Waals surface area contributed by atoms with Crippen LogP contribution < -0.4 is 9.62 Å². The zero-order valence-corrected chi connectivity index (χ0v) is 20.9. The van der Waals surface area contributed by atoms with Crippen LogP contribution in [0.3, 0.4) is 0 Å². The summed E-state index contributed by atoms with van der Waals surface area (Å²) in [4.78, 5) is 6.44. The second-order valence-electron chi connectivity index (χ2n) is 7.49. The van der Waals surface area contributed by atoms with Gasteiger partial charge in [-0.1, -0.05) is 18.2 Å². The van der Waals surface area contributed by atoms with E-state index in [9.17, 15) is 8.42 Å². The SMILES string of the molecule is CN=C(NCCS(=O)(=O)N1CCc2ccccc21)N1CCOC(c2cnn(C)c2)C1.I. The van der Waals surface area contributed by atoms with Gasteiger partial charge in [-0.25, -0.2) is 8.42 Å². The van der Waals surface area contributed by atoms with Crippen molar-refractivity contribution in [1.82, 2.24) is 20.0 Å². The highest BCUT2D eigenvalue weighted by molar-refractivity contribution is 14.0. The maximum absolute atomic E-state index is 12.9. The molecule has 1 atom stereocenters. The molecule has 1 N–H and O–H groups in total. The predicted octanol–water partition coefficient (Wildman–Crippen LogP) is 1.38. The van der Waals surface area contributed by atoms with Crippen LogP contribution >= 0.6 is 24.0 Å². The van der Waals surface area contributed by atoms with E-state index in [1.54, 1.807) is 11.7 Å². The van der Waals surface area contributed by atoms with Crippen molar-refractivity contribution in [3.8, 4) is 0 Å². The lowest BCUT2D eigenvalue weighted by molar-refractivity contribution is -0.00798. The van der Waals surface area contributed by atoms with Crippen molar-refractivity contribution >= 4 is 45.6 Å². The average molecular weight is 560 g/mol. The van der Waals surface area contributed by atoms with E-state index in [1.807, 2.05) is 43.7 Å². The normalized spacial score (nSPS) is 19.2. The Kier molecular flexibility index (Phi) is 7.81. The first-order chi connectivity index (χ1) is 14.5. The molecule has 1 saturated heterocycles. The fraction of sp³-hybridized carbons (Fsp3) is 0.500. The molecule has 11 heteroatoms. The number of halogens is 1. The second-order valence-corrected chi connectivity index (χ2v) is 9.51. The number of benzene rings is 1. The minimum Gasteiger partial charge on any atom is -0.370 e. The van der Waals surface area contributed by atoms with Crippen molar-refractivity contribution < 1.29 is 13.2 Å². The lowest BCUT2D eigenvalue weighted by Gasteiger charge is -2.34. The smallest absolute Gasteiger partial charge is 0.236 e. The highest BCUT2D eigenvalue weighted by Crippen LogP contribution is 2.29. The molecule has 0 aliphatic carbocycles. The number of guanidine groups is 1. The fourth-order valence-electron chi connectivity index (χ4n) is 3.98. The van der Waals surface area contributed by atoms with Crippen LogP contribution in [0.1, 0.15) is 17.2 Å². The van der Waals surface area contributed by atoms with Crippen molar-refractivity contribution in [2.45, 2.75) is 12.5 Å². The van der Waals surface area contributed by atoms with E-state index in [0.29, 0.717) is 38.7 Å². The quantitative estimate of drug-likeness (QED) is 0.338. The Morgan fingerprint density at radius 1 is 1.32 bits per heavy atom. The summed E-state index contributed by atoms with van der Waals surface area (Å²) in [7, 11) is 0.192. The largest absolute Gasteiger partial charge is 0.370 e. The van der Waals surface area contributed by atoms with Crippen LogP contribution in [-0.4, -0.2) is 74.6 Å². The monoisotopic (exact) mass is 560 g/mol. The van der Waals surface area contributed by atoms with E-state index >= 15 is 0 Å². The van der Waals surface area contributed by atoms with Gasteiger partial charge in [-0.05, 0) is 18.1 Å². The summed E-state index contributed by atoms with van der Waals surface area (Å²) in [5.74, 6) is 0.695. The maximum atomic E-state index is 12.9. The average Bonchev–Trinajstić information content (AvgIpc) is 3.38. The van der Waals surface area contributed by atoms with Gasteiger partial charge in [0.1, 0.15) is 6.10 Å². The first-order valence-electron chi connectivity index (χ1n) is 10.1. The molecule has 170 valence electrons. The van der Waals surface area contributed by atoms with Crippen molar-refractivity contribution in [2.75, 3.05) is 49.9 Å². The van der Waals surface area contributed by atoms with Gasteiger partial charge in [-0.15, -0.1) is 24.0 Å². The lowest BCUT2D eigenvalue weighted by Crippen LogP contribution is -2.49. The molecule has 1 fully saturated rings. The molecule has 9 nitrogen and oxygen atoms in total. The van der Waals surface area contributed by atoms with E-state index in [-0.39, 0.29) is 35.8 Å². The Morgan fingerprint density at radius 2 is 2.13 bits per heavy atom. The molecule has 0 spiro atoms. The number of morpholine rings is 1. The van der Waals surface area contributed by atoms with Crippen molar-refractivity contribution in [3.05, 3.63) is 47.8 Å². The molecule has 1 unspecified atom stereocenters. The fourth-order valence-corrected chi connectivity index (χ4v) is 5.41. The van der Waals surface area contributed by atoms with Gasteiger partial charge in [0.25, 0.3) is 0 Å². The van der Waals surface area contributed by atoms with E-state index in [4.69, 9.17) is 4.74 Å². The maximum Gasteiger partial charge on any atom is 0.236 e. The Hall–Kier alpha value is -1.86. The molecular formula is C20H29IN6O3S. The molecule has 31 heavy (non-hydrogen) atoms. The van der Waals surface area contributed by atoms with Gasteiger partial charge in [-0.3, -0.25) is 14.0 Å². The van der Waals surface area contributed by atoms with Gasteiger partial charge in [0, 0.05) is 45.5 Å². The highest BCUT2D eigenvalue weighted by atomic mass is 127. The third-order valence-electron chi connectivity index (χ3n) is 5.50. The van der Waals surface area contributed by atoms with Crippen LogP contribution in [0.2, 0.25) is 0 Å². The third-order valence-corrected chi connectivity index (χ3v) is 7.27. The molecule has 0 bridgehead atoms. The van der Waals surface area contributed by atoms with Crippen LogP contribution in [0.4, 0.5) is 5.69 Å². The number of ether oxygens (including phenoxy) is 1. The molecular weight excluding hydrogens is 531 g/mol. The Labute approximate surface area is 200 Å². The van der Waals surface area contributed by atoms with Gasteiger partial charge in [0.2, 0.25) is 10.0 Å². The number of nitrogens with one attached hydrogen (secondary N) is 1. The molecule has 0 radical (unpaired) electrons. The molecule has 1 aromatic heterocycles. The van der Waals surface area contributed by atoms with Crippen LogP contribution in [0.15, 0.2) is 41.7 Å². The number of fused-ring (bicyclic) bond motifs is 1. The molecule has 2 aliphatic rings. The molecule has 0 saturated carbocycles. The zero-order chi connectivity index (χ0) is 21.1. The first-order valence-corrected chi connectivity index (χ1v) is 11.7. The number of aromatic nitrogens is 2. The number of nitrogens with zero attached hydrogens (tertiary/aromatic N) is 5. The van der Waals surface area contributed by atoms with E-state index in [1.165, 1.54) is 4.31 Å². The van der Waals surface area contributed by atoms with Crippen LogP contribution in [0.5, 0.6) is 0 Å². The Morgan fingerprint density at radius 3 is 2.87 bits per heavy atom. The van der Waals surface area contributed by atoms with Crippen molar-refractivity contribution in [3.63, 3.8) is 0 Å². The van der Waals surface area contributed by atoms with Gasteiger partial charge in [0.05, 0.1) is 30.8 Å². The topological polar surface area (TPSA) is 92.1 Å². The Bertz CT molecular complexity index is 1030. The summed E-state index contributed by atoms with van der Waals surface area (Å²) >= 11 is 0. The lowest BCUT2D eigenvalue weighted by atomic mass is 10.1. The number of aryl methyl sites for hydroxylation is 1. The standard InChI is InChI=1S/C20H28N6O3S.HI/c1-21-20(25-10-11-29-19(15-25)17-13-23-24(2)14-17)22-8-12-30(27,28)26-9-7-16-5-3-4-6-18(16)26;/h3-6,13-14,19H,7-12,15H2,1-2H3,(H,21,22);1H. The zero-order valence-electron chi connectivity index (χ0n) is 17.8. The molecule has 1 aromatic carbocycles. The number of aliphatic imine (C=N–C) groups is 1. The highest BCUT2D eigenvalue weighted by Gasteiger charge is 2.29. The van der Waals surface area contributed by atoms with Crippen LogP contribution in [0, 0.1) is 0 Å². The summed E-state index contributed by atoms with van der Waals surface area (Å²) in [5.41, 5.74) is 2.90. The number of hydrogen-bond acceptors (Lipinski definition) is 5. The summed E-state index contributed by atoms with van der Waals surface area (Å²) in [6.07, 6.45) is 4.43. The number of rotatable bonds is 5. The van der Waals surface area contributed by atoms with Crippen LogP contribution in [0.25, 0.3) is 0 Å². The molecule has 3 heterocycles. The minimum atomic E-state index is -3.40. The first kappa shape index (κ1) is 23.8. The van der Waals surface area contributed by atoms with Gasteiger partial charge < -0.3 is 15.0 Å². The van der Waals surface area contributed by atoms with Crippen molar-refractivity contribution in [1.29, 1.82) is 0 Å². The molecule has 0 amide bonds. The third kappa shape index (κ3) is 5.32. The summed E-state index contributed by atoms with van der Waals surface area (Å²) in [6.45, 7) is 2.71.